The third kappa shape index (κ3) is 3.27. The van der Waals surface area contributed by atoms with E-state index in [4.69, 9.17) is 4.74 Å². The summed E-state index contributed by atoms with van der Waals surface area (Å²) in [5, 5.41) is 13.9. The van der Waals surface area contributed by atoms with Crippen LogP contribution < -0.4 is 10.1 Å². The lowest BCUT2D eigenvalue weighted by molar-refractivity contribution is -0.384. The molecule has 0 spiro atoms. The SMILES string of the molecule is COc1cc([N+](=O)[O-])ccc1NCc1ccccc1Br. The zero-order valence-corrected chi connectivity index (χ0v) is 12.4. The number of hydrogen-bond acceptors (Lipinski definition) is 4. The molecule has 104 valence electrons. The largest absolute Gasteiger partial charge is 0.494 e. The molecule has 0 fully saturated rings. The summed E-state index contributed by atoms with van der Waals surface area (Å²) in [6, 6.07) is 12.4. The maximum absolute atomic E-state index is 10.7. The Kier molecular flexibility index (Phi) is 4.57. The summed E-state index contributed by atoms with van der Waals surface area (Å²) < 4.78 is 6.18. The Morgan fingerprint density at radius 3 is 2.70 bits per heavy atom. The van der Waals surface area contributed by atoms with Crippen LogP contribution in [-0.4, -0.2) is 12.0 Å². The summed E-state index contributed by atoms with van der Waals surface area (Å²) >= 11 is 3.48. The first-order valence-corrected chi connectivity index (χ1v) is 6.71. The summed E-state index contributed by atoms with van der Waals surface area (Å²) in [6.45, 7) is 0.593. The number of halogens is 1. The number of nitro benzene ring substituents is 1. The van der Waals surface area contributed by atoms with E-state index >= 15 is 0 Å². The molecule has 0 heterocycles. The number of ether oxygens (including phenoxy) is 1. The summed E-state index contributed by atoms with van der Waals surface area (Å²) in [6.07, 6.45) is 0. The van der Waals surface area contributed by atoms with Gasteiger partial charge < -0.3 is 10.1 Å². The minimum absolute atomic E-state index is 0.00768. The van der Waals surface area contributed by atoms with Crippen LogP contribution in [0.5, 0.6) is 5.75 Å². The molecule has 5 nitrogen and oxygen atoms in total. The van der Waals surface area contributed by atoms with Crippen molar-refractivity contribution in [1.29, 1.82) is 0 Å². The molecule has 2 aromatic rings. The molecule has 0 amide bonds. The number of rotatable bonds is 5. The first-order chi connectivity index (χ1) is 9.61. The molecule has 0 aliphatic heterocycles. The molecule has 0 aliphatic carbocycles. The van der Waals surface area contributed by atoms with Gasteiger partial charge >= 0.3 is 0 Å². The minimum atomic E-state index is -0.444. The maximum atomic E-state index is 10.7. The molecule has 0 saturated heterocycles. The number of nitrogens with one attached hydrogen (secondary N) is 1. The quantitative estimate of drug-likeness (QED) is 0.662. The summed E-state index contributed by atoms with van der Waals surface area (Å²) in [5.41, 5.74) is 1.81. The van der Waals surface area contributed by atoms with Crippen LogP contribution in [0.1, 0.15) is 5.56 Å². The molecule has 6 heteroatoms. The number of non-ortho nitro benzene ring substituents is 1. The van der Waals surface area contributed by atoms with E-state index in [1.54, 1.807) is 6.07 Å². The van der Waals surface area contributed by atoms with E-state index in [1.165, 1.54) is 19.2 Å². The molecule has 20 heavy (non-hydrogen) atoms. The van der Waals surface area contributed by atoms with Gasteiger partial charge in [-0.15, -0.1) is 0 Å². The number of nitrogens with zero attached hydrogens (tertiary/aromatic N) is 1. The van der Waals surface area contributed by atoms with Gasteiger partial charge in [-0.3, -0.25) is 10.1 Å². The topological polar surface area (TPSA) is 64.4 Å². The van der Waals surface area contributed by atoms with E-state index in [2.05, 4.69) is 21.2 Å². The van der Waals surface area contributed by atoms with Crippen molar-refractivity contribution in [3.05, 3.63) is 62.6 Å². The average Bonchev–Trinajstić information content (AvgIpc) is 2.46. The highest BCUT2D eigenvalue weighted by molar-refractivity contribution is 9.10. The third-order valence-corrected chi connectivity index (χ3v) is 3.60. The highest BCUT2D eigenvalue weighted by atomic mass is 79.9. The first-order valence-electron chi connectivity index (χ1n) is 5.91. The second-order valence-corrected chi connectivity index (χ2v) is 4.94. The van der Waals surface area contributed by atoms with E-state index in [0.717, 1.165) is 10.0 Å². The van der Waals surface area contributed by atoms with Crippen molar-refractivity contribution in [2.24, 2.45) is 0 Å². The second kappa shape index (κ2) is 6.38. The molecule has 0 unspecified atom stereocenters. The Labute approximate surface area is 124 Å². The van der Waals surface area contributed by atoms with Crippen molar-refractivity contribution in [2.75, 3.05) is 12.4 Å². The van der Waals surface area contributed by atoms with E-state index < -0.39 is 4.92 Å². The van der Waals surface area contributed by atoms with Crippen LogP contribution in [0.2, 0.25) is 0 Å². The number of benzene rings is 2. The molecule has 0 bridgehead atoms. The minimum Gasteiger partial charge on any atom is -0.494 e. The smallest absolute Gasteiger partial charge is 0.273 e. The van der Waals surface area contributed by atoms with Gasteiger partial charge in [-0.25, -0.2) is 0 Å². The predicted molar refractivity (Wildman–Crippen MR) is 81.1 cm³/mol. The molecule has 0 aliphatic rings. The van der Waals surface area contributed by atoms with E-state index in [-0.39, 0.29) is 5.69 Å². The van der Waals surface area contributed by atoms with Crippen LogP contribution in [0, 0.1) is 10.1 Å². The van der Waals surface area contributed by atoms with Gasteiger partial charge in [-0.05, 0) is 17.7 Å². The van der Waals surface area contributed by atoms with Gasteiger partial charge in [0.05, 0.1) is 23.8 Å². The van der Waals surface area contributed by atoms with Gasteiger partial charge in [0, 0.05) is 17.1 Å². The van der Waals surface area contributed by atoms with Crippen molar-refractivity contribution < 1.29 is 9.66 Å². The molecular formula is C14H13BrN2O3. The van der Waals surface area contributed by atoms with E-state index in [9.17, 15) is 10.1 Å². The second-order valence-electron chi connectivity index (χ2n) is 4.09. The van der Waals surface area contributed by atoms with Crippen LogP contribution in [0.15, 0.2) is 46.9 Å². The monoisotopic (exact) mass is 336 g/mol. The highest BCUT2D eigenvalue weighted by Gasteiger charge is 2.11. The third-order valence-electron chi connectivity index (χ3n) is 2.82. The van der Waals surface area contributed by atoms with Crippen molar-refractivity contribution in [3.8, 4) is 5.75 Å². The Balaban J connectivity index is 2.17. The molecule has 2 rings (SSSR count). The van der Waals surface area contributed by atoms with Crippen molar-refractivity contribution in [2.45, 2.75) is 6.54 Å². The molecule has 0 atom stereocenters. The average molecular weight is 337 g/mol. The normalized spacial score (nSPS) is 10.1. The predicted octanol–water partition coefficient (Wildman–Crippen LogP) is 3.98. The lowest BCUT2D eigenvalue weighted by Gasteiger charge is -2.11. The zero-order chi connectivity index (χ0) is 14.5. The fourth-order valence-corrected chi connectivity index (χ4v) is 2.20. The fourth-order valence-electron chi connectivity index (χ4n) is 1.77. The molecule has 1 N–H and O–H groups in total. The van der Waals surface area contributed by atoms with Crippen molar-refractivity contribution in [3.63, 3.8) is 0 Å². The Bertz CT molecular complexity index is 632. The van der Waals surface area contributed by atoms with Crippen LogP contribution in [0.25, 0.3) is 0 Å². The van der Waals surface area contributed by atoms with Crippen LogP contribution >= 0.6 is 15.9 Å². The standard InChI is InChI=1S/C14H13BrN2O3/c1-20-14-8-11(17(18)19)6-7-13(14)16-9-10-4-2-3-5-12(10)15/h2-8,16H,9H2,1H3. The van der Waals surface area contributed by atoms with Crippen molar-refractivity contribution >= 4 is 27.3 Å². The van der Waals surface area contributed by atoms with E-state index in [1.807, 2.05) is 24.3 Å². The number of nitro groups is 1. The van der Waals surface area contributed by atoms with Gasteiger partial charge in [0.1, 0.15) is 5.75 Å². The van der Waals surface area contributed by atoms with Crippen LogP contribution in [-0.2, 0) is 6.54 Å². The molecule has 2 aromatic carbocycles. The number of methoxy groups -OCH3 is 1. The zero-order valence-electron chi connectivity index (χ0n) is 10.8. The maximum Gasteiger partial charge on any atom is 0.273 e. The number of hydrogen-bond donors (Lipinski definition) is 1. The summed E-state index contributed by atoms with van der Waals surface area (Å²) in [7, 11) is 1.49. The lowest BCUT2D eigenvalue weighted by Crippen LogP contribution is -2.02. The van der Waals surface area contributed by atoms with Gasteiger partial charge in [0.25, 0.3) is 5.69 Å². The van der Waals surface area contributed by atoms with Gasteiger partial charge in [0.15, 0.2) is 0 Å². The molecule has 0 aromatic heterocycles. The van der Waals surface area contributed by atoms with E-state index in [0.29, 0.717) is 18.0 Å². The molecular weight excluding hydrogens is 324 g/mol. The van der Waals surface area contributed by atoms with Gasteiger partial charge in [-0.2, -0.15) is 0 Å². The summed E-state index contributed by atoms with van der Waals surface area (Å²) in [4.78, 5) is 10.3. The van der Waals surface area contributed by atoms with Crippen LogP contribution in [0.4, 0.5) is 11.4 Å². The Morgan fingerprint density at radius 1 is 1.30 bits per heavy atom. The first kappa shape index (κ1) is 14.3. The van der Waals surface area contributed by atoms with Gasteiger partial charge in [-0.1, -0.05) is 34.1 Å². The van der Waals surface area contributed by atoms with Gasteiger partial charge in [0.2, 0.25) is 0 Å². The molecule has 0 saturated carbocycles. The van der Waals surface area contributed by atoms with Crippen molar-refractivity contribution in [1.82, 2.24) is 0 Å². The summed E-state index contributed by atoms with van der Waals surface area (Å²) in [5.74, 6) is 0.450. The Morgan fingerprint density at radius 2 is 2.05 bits per heavy atom. The molecule has 0 radical (unpaired) electrons. The Hall–Kier alpha value is -2.08. The highest BCUT2D eigenvalue weighted by Crippen LogP contribution is 2.29. The van der Waals surface area contributed by atoms with Crippen LogP contribution in [0.3, 0.4) is 0 Å². The lowest BCUT2D eigenvalue weighted by atomic mass is 10.2. The number of anilines is 1. The fraction of sp³-hybridized carbons (Fsp3) is 0.143.